The molecule has 0 aromatic heterocycles. The topological polar surface area (TPSA) is 75.5 Å². The first kappa shape index (κ1) is 17.9. The van der Waals surface area contributed by atoms with Gasteiger partial charge in [0.05, 0.1) is 4.92 Å². The Balaban J connectivity index is 1.61. The number of nitrogens with zero attached hydrogens (tertiary/aromatic N) is 2. The largest absolute Gasteiger partial charge is 0.371 e. The predicted molar refractivity (Wildman–Crippen MR) is 103 cm³/mol. The van der Waals surface area contributed by atoms with Crippen LogP contribution < -0.4 is 10.2 Å². The van der Waals surface area contributed by atoms with Crippen LogP contribution in [-0.4, -0.2) is 23.9 Å². The first-order valence-corrected chi connectivity index (χ1v) is 8.83. The van der Waals surface area contributed by atoms with Crippen molar-refractivity contribution in [2.75, 3.05) is 23.3 Å². The van der Waals surface area contributed by atoms with E-state index in [2.05, 4.69) is 35.3 Å². The Bertz CT molecular complexity index is 848. The van der Waals surface area contributed by atoms with Crippen LogP contribution >= 0.6 is 0 Å². The number of carbonyl (C=O) groups excluding carboxylic acids is 1. The zero-order valence-corrected chi connectivity index (χ0v) is 15.1. The van der Waals surface area contributed by atoms with Crippen LogP contribution in [0, 0.1) is 24.0 Å². The second kappa shape index (κ2) is 7.56. The van der Waals surface area contributed by atoms with Crippen molar-refractivity contribution in [3.63, 3.8) is 0 Å². The molecular formula is C20H23N3O3. The number of carbonyl (C=O) groups is 1. The summed E-state index contributed by atoms with van der Waals surface area (Å²) in [6, 6.07) is 10.9. The Labute approximate surface area is 153 Å². The Kier molecular flexibility index (Phi) is 5.21. The molecule has 1 heterocycles. The molecule has 6 nitrogen and oxygen atoms in total. The number of benzene rings is 2. The molecule has 3 rings (SSSR count). The molecule has 6 heteroatoms. The average Bonchev–Trinajstić information content (AvgIpc) is 2.61. The van der Waals surface area contributed by atoms with Gasteiger partial charge in [-0.3, -0.25) is 14.9 Å². The third kappa shape index (κ3) is 4.02. The van der Waals surface area contributed by atoms with Crippen molar-refractivity contribution in [2.24, 2.45) is 0 Å². The maximum Gasteiger partial charge on any atom is 0.269 e. The van der Waals surface area contributed by atoms with Crippen LogP contribution in [-0.2, 0) is 11.2 Å². The van der Waals surface area contributed by atoms with Crippen molar-refractivity contribution in [3.8, 4) is 0 Å². The number of hydrogen-bond donors (Lipinski definition) is 1. The molecule has 0 aliphatic carbocycles. The van der Waals surface area contributed by atoms with Gasteiger partial charge in [-0.05, 0) is 49.9 Å². The highest BCUT2D eigenvalue weighted by Crippen LogP contribution is 2.28. The van der Waals surface area contributed by atoms with E-state index in [-0.39, 0.29) is 11.6 Å². The fraction of sp³-hybridized carbons (Fsp3) is 0.350. The third-order valence-corrected chi connectivity index (χ3v) is 4.75. The molecule has 0 atom stereocenters. The molecule has 1 aliphatic heterocycles. The summed E-state index contributed by atoms with van der Waals surface area (Å²) in [6.07, 6.45) is 2.56. The van der Waals surface area contributed by atoms with Crippen LogP contribution in [0.4, 0.5) is 17.1 Å². The molecule has 1 amide bonds. The number of nitro groups is 1. The van der Waals surface area contributed by atoms with Crippen LogP contribution in [0.2, 0.25) is 0 Å². The fourth-order valence-electron chi connectivity index (χ4n) is 3.39. The van der Waals surface area contributed by atoms with E-state index in [1.165, 1.54) is 28.9 Å². The molecule has 0 saturated heterocycles. The van der Waals surface area contributed by atoms with Crippen LogP contribution in [0.5, 0.6) is 0 Å². The quantitative estimate of drug-likeness (QED) is 0.651. The average molecular weight is 353 g/mol. The highest BCUT2D eigenvalue weighted by atomic mass is 16.6. The Morgan fingerprint density at radius 1 is 1.23 bits per heavy atom. The molecule has 2 aromatic carbocycles. The number of amides is 1. The number of rotatable bonds is 5. The molecule has 0 unspecified atom stereocenters. The van der Waals surface area contributed by atoms with E-state index >= 15 is 0 Å². The molecule has 136 valence electrons. The maximum atomic E-state index is 12.3. The van der Waals surface area contributed by atoms with Crippen molar-refractivity contribution in [1.82, 2.24) is 0 Å². The van der Waals surface area contributed by atoms with E-state index in [4.69, 9.17) is 0 Å². The van der Waals surface area contributed by atoms with Gasteiger partial charge < -0.3 is 10.2 Å². The second-order valence-corrected chi connectivity index (χ2v) is 6.78. The lowest BCUT2D eigenvalue weighted by atomic mass is 9.99. The van der Waals surface area contributed by atoms with E-state index in [9.17, 15) is 14.9 Å². The number of anilines is 2. The monoisotopic (exact) mass is 353 g/mol. The summed E-state index contributed by atoms with van der Waals surface area (Å²) in [6.45, 7) is 5.47. The van der Waals surface area contributed by atoms with Crippen LogP contribution in [0.3, 0.4) is 0 Å². The minimum absolute atomic E-state index is 0.0284. The standard InChI is InChI=1S/C20H23N3O3/c1-14-5-8-19-16(12-14)4-3-10-22(19)11-9-20(24)21-18-7-6-17(23(25)26)13-15(18)2/h5-8,12-13H,3-4,9-11H2,1-2H3,(H,21,24). The number of aryl methyl sites for hydroxylation is 3. The summed E-state index contributed by atoms with van der Waals surface area (Å²) >= 11 is 0. The zero-order valence-electron chi connectivity index (χ0n) is 15.1. The molecule has 26 heavy (non-hydrogen) atoms. The number of fused-ring (bicyclic) bond motifs is 1. The van der Waals surface area contributed by atoms with Crippen molar-refractivity contribution in [2.45, 2.75) is 33.1 Å². The van der Waals surface area contributed by atoms with Crippen molar-refractivity contribution in [3.05, 3.63) is 63.2 Å². The molecule has 1 aliphatic rings. The maximum absolute atomic E-state index is 12.3. The van der Waals surface area contributed by atoms with Gasteiger partial charge in [0.15, 0.2) is 0 Å². The highest BCUT2D eigenvalue weighted by Gasteiger charge is 2.18. The van der Waals surface area contributed by atoms with Gasteiger partial charge in [-0.2, -0.15) is 0 Å². The van der Waals surface area contributed by atoms with Crippen LogP contribution in [0.1, 0.15) is 29.5 Å². The summed E-state index contributed by atoms with van der Waals surface area (Å²) in [5, 5.41) is 13.7. The van der Waals surface area contributed by atoms with Gasteiger partial charge >= 0.3 is 0 Å². The van der Waals surface area contributed by atoms with Gasteiger partial charge in [0.25, 0.3) is 5.69 Å². The number of hydrogen-bond acceptors (Lipinski definition) is 4. The van der Waals surface area contributed by atoms with Crippen molar-refractivity contribution in [1.29, 1.82) is 0 Å². The third-order valence-electron chi connectivity index (χ3n) is 4.75. The lowest BCUT2D eigenvalue weighted by Crippen LogP contribution is -2.32. The van der Waals surface area contributed by atoms with E-state index in [0.29, 0.717) is 24.2 Å². The van der Waals surface area contributed by atoms with E-state index < -0.39 is 4.92 Å². The molecule has 2 aromatic rings. The van der Waals surface area contributed by atoms with E-state index in [0.717, 1.165) is 19.4 Å². The van der Waals surface area contributed by atoms with Crippen molar-refractivity contribution >= 4 is 23.0 Å². The zero-order chi connectivity index (χ0) is 18.7. The van der Waals surface area contributed by atoms with E-state index in [1.54, 1.807) is 13.0 Å². The van der Waals surface area contributed by atoms with Crippen LogP contribution in [0.25, 0.3) is 0 Å². The Morgan fingerprint density at radius 3 is 2.77 bits per heavy atom. The smallest absolute Gasteiger partial charge is 0.269 e. The van der Waals surface area contributed by atoms with Gasteiger partial charge in [-0.1, -0.05) is 17.7 Å². The van der Waals surface area contributed by atoms with Gasteiger partial charge in [-0.25, -0.2) is 0 Å². The Morgan fingerprint density at radius 2 is 2.04 bits per heavy atom. The lowest BCUT2D eigenvalue weighted by Gasteiger charge is -2.31. The molecule has 0 fully saturated rings. The highest BCUT2D eigenvalue weighted by molar-refractivity contribution is 5.92. The Hall–Kier alpha value is -2.89. The minimum Gasteiger partial charge on any atom is -0.371 e. The van der Waals surface area contributed by atoms with E-state index in [1.807, 2.05) is 0 Å². The minimum atomic E-state index is -0.436. The first-order valence-electron chi connectivity index (χ1n) is 8.83. The summed E-state index contributed by atoms with van der Waals surface area (Å²) in [5.74, 6) is -0.0822. The predicted octanol–water partition coefficient (Wildman–Crippen LogP) is 3.99. The summed E-state index contributed by atoms with van der Waals surface area (Å²) < 4.78 is 0. The molecule has 0 bridgehead atoms. The lowest BCUT2D eigenvalue weighted by molar-refractivity contribution is -0.384. The van der Waals surface area contributed by atoms with Crippen LogP contribution in [0.15, 0.2) is 36.4 Å². The molecule has 1 N–H and O–H groups in total. The molecule has 0 radical (unpaired) electrons. The molecular weight excluding hydrogens is 330 g/mol. The summed E-state index contributed by atoms with van der Waals surface area (Å²) in [5.41, 5.74) is 5.17. The van der Waals surface area contributed by atoms with Gasteiger partial charge in [0, 0.05) is 43.0 Å². The number of nitro benzene ring substituents is 1. The van der Waals surface area contributed by atoms with Crippen molar-refractivity contribution < 1.29 is 9.72 Å². The number of non-ortho nitro benzene ring substituents is 1. The fourth-order valence-corrected chi connectivity index (χ4v) is 3.39. The summed E-state index contributed by atoms with van der Waals surface area (Å²) in [4.78, 5) is 24.9. The number of nitrogens with one attached hydrogen (secondary N) is 1. The van der Waals surface area contributed by atoms with Gasteiger partial charge in [0.2, 0.25) is 5.91 Å². The normalized spacial score (nSPS) is 13.2. The SMILES string of the molecule is Cc1ccc2c(c1)CCCN2CCC(=O)Nc1ccc([N+](=O)[O-])cc1C. The molecule has 0 saturated carbocycles. The molecule has 0 spiro atoms. The van der Waals surface area contributed by atoms with Gasteiger partial charge in [0.1, 0.15) is 0 Å². The summed E-state index contributed by atoms with van der Waals surface area (Å²) in [7, 11) is 0. The second-order valence-electron chi connectivity index (χ2n) is 6.78. The van der Waals surface area contributed by atoms with Gasteiger partial charge in [-0.15, -0.1) is 0 Å². The first-order chi connectivity index (χ1) is 12.4.